The number of hydrogen-bond donors (Lipinski definition) is 2. The molecule has 1 fully saturated rings. The molecule has 6 nitrogen and oxygen atoms in total. The van der Waals surface area contributed by atoms with Gasteiger partial charge in [0.05, 0.1) is 11.9 Å². The molecule has 0 bridgehead atoms. The van der Waals surface area contributed by atoms with Gasteiger partial charge in [0.15, 0.2) is 5.82 Å². The van der Waals surface area contributed by atoms with E-state index in [-0.39, 0.29) is 12.0 Å². The molecule has 2 aromatic carbocycles. The maximum Gasteiger partial charge on any atom is 0.222 e. The summed E-state index contributed by atoms with van der Waals surface area (Å²) in [5.74, 6) is 0.647. The van der Waals surface area contributed by atoms with Crippen LogP contribution in [0.4, 0.5) is 23.1 Å². The summed E-state index contributed by atoms with van der Waals surface area (Å²) in [6.45, 7) is 4.87. The van der Waals surface area contributed by atoms with Crippen molar-refractivity contribution in [3.05, 3.63) is 60.8 Å². The third kappa shape index (κ3) is 3.51. The molecule has 0 saturated carbocycles. The van der Waals surface area contributed by atoms with Gasteiger partial charge in [-0.25, -0.2) is 4.98 Å². The Balaban J connectivity index is 1.53. The summed E-state index contributed by atoms with van der Waals surface area (Å²) in [4.78, 5) is 12.9. The monoisotopic (exact) mass is 360 g/mol. The fourth-order valence-electron chi connectivity index (χ4n) is 3.69. The first kappa shape index (κ1) is 17.1. The third-order valence-electron chi connectivity index (χ3n) is 5.07. The first-order valence-corrected chi connectivity index (χ1v) is 9.17. The van der Waals surface area contributed by atoms with E-state index >= 15 is 0 Å². The van der Waals surface area contributed by atoms with Gasteiger partial charge in [-0.15, -0.1) is 0 Å². The second-order valence-corrected chi connectivity index (χ2v) is 6.90. The largest absolute Gasteiger partial charge is 0.382 e. The summed E-state index contributed by atoms with van der Waals surface area (Å²) >= 11 is 0. The third-order valence-corrected chi connectivity index (χ3v) is 5.07. The Morgan fingerprint density at radius 3 is 2.48 bits per heavy atom. The molecular formula is C21H24N6. The van der Waals surface area contributed by atoms with E-state index in [0.717, 1.165) is 25.3 Å². The molecule has 1 aliphatic rings. The quantitative estimate of drug-likeness (QED) is 0.747. The Kier molecular flexibility index (Phi) is 4.54. The lowest BCUT2D eigenvalue weighted by Crippen LogP contribution is -2.52. The molecular weight excluding hydrogens is 336 g/mol. The number of piperazine rings is 1. The Morgan fingerprint density at radius 1 is 0.963 bits per heavy atom. The second-order valence-electron chi connectivity index (χ2n) is 6.90. The Bertz CT molecular complexity index is 927. The maximum atomic E-state index is 6.06. The lowest BCUT2D eigenvalue weighted by molar-refractivity contribution is 0.550. The summed E-state index contributed by atoms with van der Waals surface area (Å²) < 4.78 is 0. The highest BCUT2D eigenvalue weighted by atomic mass is 15.3. The number of nitrogens with two attached hydrogens (primary N) is 2. The van der Waals surface area contributed by atoms with Crippen LogP contribution >= 0.6 is 0 Å². The van der Waals surface area contributed by atoms with E-state index in [2.05, 4.69) is 75.2 Å². The van der Waals surface area contributed by atoms with Gasteiger partial charge in [-0.3, -0.25) is 0 Å². The van der Waals surface area contributed by atoms with Crippen LogP contribution in [0.2, 0.25) is 0 Å². The topological polar surface area (TPSA) is 84.3 Å². The van der Waals surface area contributed by atoms with Gasteiger partial charge >= 0.3 is 0 Å². The fraction of sp³-hybridized carbons (Fsp3) is 0.238. The molecule has 0 aliphatic carbocycles. The van der Waals surface area contributed by atoms with Crippen molar-refractivity contribution in [3.63, 3.8) is 0 Å². The first-order chi connectivity index (χ1) is 13.1. The Hall–Kier alpha value is -3.28. The summed E-state index contributed by atoms with van der Waals surface area (Å²) in [7, 11) is 0. The van der Waals surface area contributed by atoms with E-state index < -0.39 is 0 Å². The van der Waals surface area contributed by atoms with E-state index in [9.17, 15) is 0 Å². The number of aromatic nitrogens is 2. The average molecular weight is 360 g/mol. The van der Waals surface area contributed by atoms with Gasteiger partial charge in [-0.2, -0.15) is 4.98 Å². The molecule has 0 radical (unpaired) electrons. The van der Waals surface area contributed by atoms with Gasteiger partial charge in [0.25, 0.3) is 0 Å². The van der Waals surface area contributed by atoms with E-state index in [4.69, 9.17) is 11.5 Å². The highest BCUT2D eigenvalue weighted by Crippen LogP contribution is 2.29. The number of rotatable bonds is 3. The van der Waals surface area contributed by atoms with E-state index in [1.54, 1.807) is 6.20 Å². The Labute approximate surface area is 159 Å². The summed E-state index contributed by atoms with van der Waals surface area (Å²) in [5.41, 5.74) is 16.2. The molecule has 27 heavy (non-hydrogen) atoms. The van der Waals surface area contributed by atoms with Crippen molar-refractivity contribution in [2.75, 3.05) is 40.9 Å². The molecule has 4 rings (SSSR count). The molecule has 1 atom stereocenters. The molecule has 0 spiro atoms. The highest BCUT2D eigenvalue weighted by molar-refractivity contribution is 5.69. The van der Waals surface area contributed by atoms with Crippen LogP contribution in [0.25, 0.3) is 11.1 Å². The van der Waals surface area contributed by atoms with Gasteiger partial charge in [-0.05, 0) is 30.2 Å². The molecule has 2 heterocycles. The number of benzene rings is 2. The zero-order valence-electron chi connectivity index (χ0n) is 15.4. The molecule has 4 N–H and O–H groups in total. The zero-order chi connectivity index (χ0) is 18.8. The van der Waals surface area contributed by atoms with Gasteiger partial charge in [0.1, 0.15) is 0 Å². The predicted molar refractivity (Wildman–Crippen MR) is 112 cm³/mol. The van der Waals surface area contributed by atoms with Crippen molar-refractivity contribution < 1.29 is 0 Å². The average Bonchev–Trinajstić information content (AvgIpc) is 2.69. The van der Waals surface area contributed by atoms with Crippen molar-refractivity contribution in [1.82, 2.24) is 9.97 Å². The van der Waals surface area contributed by atoms with Crippen LogP contribution in [-0.4, -0.2) is 35.6 Å². The predicted octanol–water partition coefficient (Wildman–Crippen LogP) is 3.02. The molecule has 1 saturated heterocycles. The van der Waals surface area contributed by atoms with Crippen molar-refractivity contribution >= 4 is 23.1 Å². The zero-order valence-corrected chi connectivity index (χ0v) is 15.4. The van der Waals surface area contributed by atoms with E-state index in [0.29, 0.717) is 5.82 Å². The van der Waals surface area contributed by atoms with Crippen LogP contribution in [-0.2, 0) is 0 Å². The number of hydrogen-bond acceptors (Lipinski definition) is 6. The molecule has 1 unspecified atom stereocenters. The SMILES string of the molecule is CC1CN(c2cccc(-c3ccccc3)c2)CCN1c1cnc(N)nc1N. The van der Waals surface area contributed by atoms with Crippen LogP contribution in [0.5, 0.6) is 0 Å². The highest BCUT2D eigenvalue weighted by Gasteiger charge is 2.26. The van der Waals surface area contributed by atoms with Crippen LogP contribution in [0, 0.1) is 0 Å². The minimum atomic E-state index is 0.209. The maximum absolute atomic E-state index is 6.06. The number of nitrogens with zero attached hydrogens (tertiary/aromatic N) is 4. The van der Waals surface area contributed by atoms with E-state index in [1.165, 1.54) is 16.8 Å². The normalized spacial score (nSPS) is 17.1. The molecule has 1 aromatic heterocycles. The lowest BCUT2D eigenvalue weighted by atomic mass is 10.0. The molecule has 3 aromatic rings. The summed E-state index contributed by atoms with van der Waals surface area (Å²) in [6.07, 6.45) is 1.72. The fourth-order valence-corrected chi connectivity index (χ4v) is 3.69. The van der Waals surface area contributed by atoms with Crippen LogP contribution < -0.4 is 21.3 Å². The summed E-state index contributed by atoms with van der Waals surface area (Å²) in [6, 6.07) is 19.5. The minimum Gasteiger partial charge on any atom is -0.382 e. The van der Waals surface area contributed by atoms with Crippen molar-refractivity contribution in [1.29, 1.82) is 0 Å². The minimum absolute atomic E-state index is 0.209. The van der Waals surface area contributed by atoms with Crippen molar-refractivity contribution in [3.8, 4) is 11.1 Å². The lowest BCUT2D eigenvalue weighted by Gasteiger charge is -2.42. The molecule has 1 aliphatic heterocycles. The second kappa shape index (κ2) is 7.15. The number of anilines is 4. The van der Waals surface area contributed by atoms with E-state index in [1.807, 2.05) is 6.07 Å². The van der Waals surface area contributed by atoms with Crippen LogP contribution in [0.15, 0.2) is 60.8 Å². The first-order valence-electron chi connectivity index (χ1n) is 9.17. The van der Waals surface area contributed by atoms with Gasteiger partial charge in [-0.1, -0.05) is 42.5 Å². The smallest absolute Gasteiger partial charge is 0.222 e. The van der Waals surface area contributed by atoms with Crippen molar-refractivity contribution in [2.45, 2.75) is 13.0 Å². The molecule has 0 amide bonds. The number of nitrogen functional groups attached to an aromatic ring is 2. The summed E-state index contributed by atoms with van der Waals surface area (Å²) in [5, 5.41) is 0. The standard InChI is InChI=1S/C21H24N6/c1-15-14-26(10-11-27(15)19-13-24-21(23)25-20(19)22)18-9-5-8-17(12-18)16-6-3-2-4-7-16/h2-9,12-13,15H,10-11,14H2,1H3,(H4,22,23,24,25). The van der Waals surface area contributed by atoms with Crippen molar-refractivity contribution in [2.24, 2.45) is 0 Å². The van der Waals surface area contributed by atoms with Gasteiger partial charge in [0, 0.05) is 31.4 Å². The molecule has 6 heteroatoms. The van der Waals surface area contributed by atoms with Crippen LogP contribution in [0.3, 0.4) is 0 Å². The van der Waals surface area contributed by atoms with Gasteiger partial charge in [0.2, 0.25) is 5.95 Å². The Morgan fingerprint density at radius 2 is 1.74 bits per heavy atom. The van der Waals surface area contributed by atoms with Crippen LogP contribution in [0.1, 0.15) is 6.92 Å². The van der Waals surface area contributed by atoms with Gasteiger partial charge < -0.3 is 21.3 Å². The molecule has 138 valence electrons.